The number of carbonyl (C=O) groups excluding carboxylic acids is 2. The fraction of sp³-hybridized carbons (Fsp3) is 0.389. The zero-order valence-electron chi connectivity index (χ0n) is 16.2. The van der Waals surface area contributed by atoms with Crippen LogP contribution in [0.5, 0.6) is 0 Å². The SMILES string of the molecule is CN(Cc1nc2ccsc2c(=O)[nH]1)C(=O)C(=O)NCc1cnc(N2CCOCC2)s1. The van der Waals surface area contributed by atoms with Gasteiger partial charge in [-0.1, -0.05) is 0 Å². The number of hydrogen-bond donors (Lipinski definition) is 2. The maximum absolute atomic E-state index is 12.4. The van der Waals surface area contributed by atoms with Gasteiger partial charge in [0.25, 0.3) is 5.56 Å². The lowest BCUT2D eigenvalue weighted by atomic mass is 10.4. The smallest absolute Gasteiger partial charge is 0.312 e. The van der Waals surface area contributed by atoms with Crippen molar-refractivity contribution in [2.24, 2.45) is 0 Å². The highest BCUT2D eigenvalue weighted by molar-refractivity contribution is 7.17. The van der Waals surface area contributed by atoms with Crippen LogP contribution in [0.25, 0.3) is 10.2 Å². The van der Waals surface area contributed by atoms with Gasteiger partial charge in [-0.25, -0.2) is 9.97 Å². The normalized spacial score (nSPS) is 14.1. The van der Waals surface area contributed by atoms with Crippen LogP contribution < -0.4 is 15.8 Å². The fourth-order valence-electron chi connectivity index (χ4n) is 2.99. The number of thiazole rings is 1. The van der Waals surface area contributed by atoms with Gasteiger partial charge in [0.05, 0.1) is 31.8 Å². The fourth-order valence-corrected chi connectivity index (χ4v) is 4.62. The molecule has 1 aliphatic rings. The van der Waals surface area contributed by atoms with Crippen LogP contribution in [0.3, 0.4) is 0 Å². The third-order valence-corrected chi connectivity index (χ3v) is 6.50. The van der Waals surface area contributed by atoms with Gasteiger partial charge in [0, 0.05) is 31.2 Å². The van der Waals surface area contributed by atoms with E-state index in [1.54, 1.807) is 17.6 Å². The lowest BCUT2D eigenvalue weighted by molar-refractivity contribution is -0.145. The van der Waals surface area contributed by atoms with Gasteiger partial charge in [0.1, 0.15) is 10.5 Å². The number of aromatic amines is 1. The molecule has 0 aromatic carbocycles. The molecule has 30 heavy (non-hydrogen) atoms. The number of hydrogen-bond acceptors (Lipinski definition) is 9. The minimum atomic E-state index is -0.724. The van der Waals surface area contributed by atoms with Crippen LogP contribution in [0, 0.1) is 0 Å². The van der Waals surface area contributed by atoms with Crippen LogP contribution >= 0.6 is 22.7 Å². The van der Waals surface area contributed by atoms with E-state index < -0.39 is 11.8 Å². The average molecular weight is 449 g/mol. The highest BCUT2D eigenvalue weighted by Gasteiger charge is 2.21. The minimum absolute atomic E-state index is 0.0228. The molecule has 0 radical (unpaired) electrons. The Labute approximate surface area is 179 Å². The summed E-state index contributed by atoms with van der Waals surface area (Å²) < 4.78 is 5.87. The number of fused-ring (bicyclic) bond motifs is 1. The molecule has 158 valence electrons. The summed E-state index contributed by atoms with van der Waals surface area (Å²) in [5.41, 5.74) is 0.321. The molecule has 0 aliphatic carbocycles. The van der Waals surface area contributed by atoms with E-state index in [2.05, 4.69) is 25.2 Å². The molecule has 3 aromatic rings. The lowest BCUT2D eigenvalue weighted by Crippen LogP contribution is -2.40. The quantitative estimate of drug-likeness (QED) is 0.547. The van der Waals surface area contributed by atoms with E-state index in [1.165, 1.54) is 34.6 Å². The molecule has 10 nitrogen and oxygen atoms in total. The van der Waals surface area contributed by atoms with Gasteiger partial charge in [-0.3, -0.25) is 14.4 Å². The van der Waals surface area contributed by atoms with Gasteiger partial charge in [-0.05, 0) is 11.4 Å². The number of nitrogens with one attached hydrogen (secondary N) is 2. The summed E-state index contributed by atoms with van der Waals surface area (Å²) in [6.07, 6.45) is 1.70. The van der Waals surface area contributed by atoms with Crippen LogP contribution in [-0.2, 0) is 27.4 Å². The Hall–Kier alpha value is -2.83. The molecule has 3 aromatic heterocycles. The Morgan fingerprint density at radius 3 is 2.97 bits per heavy atom. The maximum Gasteiger partial charge on any atom is 0.312 e. The number of ether oxygens (including phenoxy) is 1. The van der Waals surface area contributed by atoms with E-state index in [9.17, 15) is 14.4 Å². The highest BCUT2D eigenvalue weighted by Crippen LogP contribution is 2.23. The van der Waals surface area contributed by atoms with Gasteiger partial charge >= 0.3 is 11.8 Å². The number of nitrogens with zero attached hydrogens (tertiary/aromatic N) is 4. The Morgan fingerprint density at radius 2 is 2.17 bits per heavy atom. The number of H-pyrrole nitrogens is 1. The summed E-state index contributed by atoms with van der Waals surface area (Å²) in [5.74, 6) is -1.11. The molecular weight excluding hydrogens is 428 g/mol. The Kier molecular flexibility index (Phi) is 6.06. The van der Waals surface area contributed by atoms with E-state index in [1.807, 2.05) is 0 Å². The first kappa shape index (κ1) is 20.4. The Bertz CT molecular complexity index is 1120. The third kappa shape index (κ3) is 4.50. The maximum atomic E-state index is 12.4. The topological polar surface area (TPSA) is 121 Å². The minimum Gasteiger partial charge on any atom is -0.378 e. The summed E-state index contributed by atoms with van der Waals surface area (Å²) in [7, 11) is 1.49. The first-order valence-electron chi connectivity index (χ1n) is 9.28. The number of morpholine rings is 1. The monoisotopic (exact) mass is 448 g/mol. The number of carbonyl (C=O) groups is 2. The van der Waals surface area contributed by atoms with Gasteiger partial charge < -0.3 is 24.8 Å². The van der Waals surface area contributed by atoms with Crippen molar-refractivity contribution in [2.75, 3.05) is 38.3 Å². The van der Waals surface area contributed by atoms with E-state index >= 15 is 0 Å². The molecule has 4 rings (SSSR count). The molecule has 2 N–H and O–H groups in total. The van der Waals surface area contributed by atoms with Crippen LogP contribution in [-0.4, -0.2) is 65.0 Å². The number of anilines is 1. The van der Waals surface area contributed by atoms with Crippen molar-refractivity contribution in [3.8, 4) is 0 Å². The van der Waals surface area contributed by atoms with E-state index in [4.69, 9.17) is 4.74 Å². The van der Waals surface area contributed by atoms with Crippen LogP contribution in [0.15, 0.2) is 22.4 Å². The van der Waals surface area contributed by atoms with Crippen LogP contribution in [0.2, 0.25) is 0 Å². The summed E-state index contributed by atoms with van der Waals surface area (Å²) in [5, 5.41) is 5.29. The predicted octanol–water partition coefficient (Wildman–Crippen LogP) is 0.552. The van der Waals surface area contributed by atoms with E-state index in [0.29, 0.717) is 29.3 Å². The van der Waals surface area contributed by atoms with Gasteiger partial charge in [-0.2, -0.15) is 0 Å². The van der Waals surface area contributed by atoms with Crippen molar-refractivity contribution in [3.63, 3.8) is 0 Å². The molecule has 0 bridgehead atoms. The Balaban J connectivity index is 1.32. The molecule has 0 unspecified atom stereocenters. The van der Waals surface area contributed by atoms with E-state index in [0.717, 1.165) is 23.1 Å². The van der Waals surface area contributed by atoms with Crippen molar-refractivity contribution in [2.45, 2.75) is 13.1 Å². The molecule has 0 spiro atoms. The van der Waals surface area contributed by atoms with Crippen molar-refractivity contribution in [1.29, 1.82) is 0 Å². The van der Waals surface area contributed by atoms with Crippen LogP contribution in [0.4, 0.5) is 5.13 Å². The third-order valence-electron chi connectivity index (χ3n) is 4.54. The number of rotatable bonds is 5. The van der Waals surface area contributed by atoms with Gasteiger partial charge in [0.15, 0.2) is 5.13 Å². The number of thiophene rings is 1. The second-order valence-electron chi connectivity index (χ2n) is 6.70. The number of amides is 2. The summed E-state index contributed by atoms with van der Waals surface area (Å²) in [6.45, 7) is 3.16. The van der Waals surface area contributed by atoms with Crippen molar-refractivity contribution < 1.29 is 14.3 Å². The molecule has 1 saturated heterocycles. The first-order chi connectivity index (χ1) is 14.5. The number of likely N-dealkylation sites (N-methyl/N-ethyl adjacent to an activating group) is 1. The highest BCUT2D eigenvalue weighted by atomic mass is 32.1. The summed E-state index contributed by atoms with van der Waals surface area (Å²) >= 11 is 2.78. The van der Waals surface area contributed by atoms with E-state index in [-0.39, 0.29) is 18.6 Å². The lowest BCUT2D eigenvalue weighted by Gasteiger charge is -2.25. The molecule has 12 heteroatoms. The standard InChI is InChI=1S/C18H20N6O4S2/c1-23(10-13-21-12-2-7-29-14(12)15(25)22-13)17(27)16(26)19-8-11-9-20-18(30-11)24-3-5-28-6-4-24/h2,7,9H,3-6,8,10H2,1H3,(H,19,26)(H,21,22,25). The largest absolute Gasteiger partial charge is 0.378 e. The molecular formula is C18H20N6O4S2. The molecule has 2 amide bonds. The first-order valence-corrected chi connectivity index (χ1v) is 11.0. The molecule has 1 fully saturated rings. The van der Waals surface area contributed by atoms with Crippen molar-refractivity contribution in [1.82, 2.24) is 25.2 Å². The predicted molar refractivity (Wildman–Crippen MR) is 114 cm³/mol. The van der Waals surface area contributed by atoms with Crippen molar-refractivity contribution in [3.05, 3.63) is 38.7 Å². The summed E-state index contributed by atoms with van der Waals surface area (Å²) in [4.78, 5) is 52.3. The average Bonchev–Trinajstić information content (AvgIpc) is 3.42. The van der Waals surface area contributed by atoms with Crippen molar-refractivity contribution >= 4 is 49.8 Å². The zero-order valence-corrected chi connectivity index (χ0v) is 17.8. The van der Waals surface area contributed by atoms with Crippen LogP contribution in [0.1, 0.15) is 10.7 Å². The Morgan fingerprint density at radius 1 is 1.37 bits per heavy atom. The molecule has 4 heterocycles. The summed E-state index contributed by atoms with van der Waals surface area (Å²) in [6, 6.07) is 1.74. The molecule has 1 aliphatic heterocycles. The second kappa shape index (κ2) is 8.90. The molecule has 0 atom stereocenters. The molecule has 0 saturated carbocycles. The number of aromatic nitrogens is 3. The second-order valence-corrected chi connectivity index (χ2v) is 8.71. The zero-order chi connectivity index (χ0) is 21.1. The van der Waals surface area contributed by atoms with Gasteiger partial charge in [-0.15, -0.1) is 22.7 Å². The van der Waals surface area contributed by atoms with Gasteiger partial charge in [0.2, 0.25) is 0 Å².